The number of halogens is 1. The molecular weight excluding hydrogens is 438 g/mol. The Morgan fingerprint density at radius 3 is 2.70 bits per heavy atom. The summed E-state index contributed by atoms with van der Waals surface area (Å²) in [4.78, 5) is 28.2. The number of nitrogens with one attached hydrogen (secondary N) is 2. The third-order valence-electron chi connectivity index (χ3n) is 5.19. The van der Waals surface area contributed by atoms with Crippen LogP contribution in [0.1, 0.15) is 12.0 Å². The summed E-state index contributed by atoms with van der Waals surface area (Å²) in [5.41, 5.74) is 2.73. The van der Waals surface area contributed by atoms with Gasteiger partial charge >= 0.3 is 0 Å². The number of carbonyl (C=O) groups excluding carboxylic acids is 2. The zero-order valence-corrected chi connectivity index (χ0v) is 18.9. The van der Waals surface area contributed by atoms with E-state index in [0.29, 0.717) is 10.7 Å². The monoisotopic (exact) mass is 461 g/mol. The second-order valence-electron chi connectivity index (χ2n) is 7.39. The molecule has 0 spiro atoms. The second-order valence-corrected chi connectivity index (χ2v) is 10.3. The normalized spacial score (nSPS) is 19.1. The first-order valence-electron chi connectivity index (χ1n) is 10.0. The van der Waals surface area contributed by atoms with E-state index >= 15 is 0 Å². The van der Waals surface area contributed by atoms with Crippen LogP contribution in [0.25, 0.3) is 0 Å². The van der Waals surface area contributed by atoms with Crippen molar-refractivity contribution in [3.8, 4) is 0 Å². The number of thioether (sulfide) groups is 2. The molecule has 0 bridgehead atoms. The highest BCUT2D eigenvalue weighted by Gasteiger charge is 2.29. The summed E-state index contributed by atoms with van der Waals surface area (Å²) in [6.07, 6.45) is 1.13. The van der Waals surface area contributed by atoms with Crippen LogP contribution in [0.4, 0.5) is 11.4 Å². The van der Waals surface area contributed by atoms with E-state index in [4.69, 9.17) is 11.6 Å². The van der Waals surface area contributed by atoms with Gasteiger partial charge in [0.05, 0.1) is 10.9 Å². The zero-order chi connectivity index (χ0) is 20.9. The average Bonchev–Trinajstić information content (AvgIpc) is 2.75. The van der Waals surface area contributed by atoms with E-state index in [1.54, 1.807) is 12.1 Å². The van der Waals surface area contributed by atoms with Crippen molar-refractivity contribution in [2.75, 3.05) is 41.8 Å². The van der Waals surface area contributed by atoms with Crippen molar-refractivity contribution in [1.29, 1.82) is 0 Å². The quantitative estimate of drug-likeness (QED) is 0.668. The SMILES string of the molecule is O=C(CC1Sc2ccc(Cl)cc2NC1=O)Nc1ccc(CCN2CCSCC2)cc1. The molecule has 2 aliphatic rings. The molecule has 2 heterocycles. The number of nitrogens with zero attached hydrogens (tertiary/aromatic N) is 1. The summed E-state index contributed by atoms with van der Waals surface area (Å²) in [5, 5.41) is 5.86. The molecule has 0 aromatic heterocycles. The number of hydrogen-bond donors (Lipinski definition) is 2. The zero-order valence-electron chi connectivity index (χ0n) is 16.5. The molecule has 158 valence electrons. The molecule has 0 radical (unpaired) electrons. The Hall–Kier alpha value is -1.67. The Balaban J connectivity index is 1.27. The number of carbonyl (C=O) groups is 2. The van der Waals surface area contributed by atoms with Gasteiger partial charge in [-0.1, -0.05) is 23.7 Å². The Morgan fingerprint density at radius 2 is 1.93 bits per heavy atom. The van der Waals surface area contributed by atoms with E-state index in [-0.39, 0.29) is 18.2 Å². The Kier molecular flexibility index (Phi) is 7.25. The van der Waals surface area contributed by atoms with Crippen molar-refractivity contribution in [3.05, 3.63) is 53.1 Å². The van der Waals surface area contributed by atoms with Crippen LogP contribution in [-0.4, -0.2) is 53.1 Å². The van der Waals surface area contributed by atoms with Crippen LogP contribution >= 0.6 is 35.1 Å². The van der Waals surface area contributed by atoms with E-state index in [1.807, 2.05) is 30.0 Å². The van der Waals surface area contributed by atoms with Crippen molar-refractivity contribution >= 4 is 58.3 Å². The number of benzene rings is 2. The molecule has 1 atom stereocenters. The van der Waals surface area contributed by atoms with Crippen molar-refractivity contribution in [2.45, 2.75) is 23.0 Å². The fourth-order valence-electron chi connectivity index (χ4n) is 3.50. The van der Waals surface area contributed by atoms with Gasteiger partial charge in [0, 0.05) is 53.2 Å². The van der Waals surface area contributed by atoms with Crippen molar-refractivity contribution in [3.63, 3.8) is 0 Å². The van der Waals surface area contributed by atoms with E-state index < -0.39 is 5.25 Å². The molecule has 4 rings (SSSR count). The minimum Gasteiger partial charge on any atom is -0.326 e. The number of rotatable bonds is 6. The van der Waals surface area contributed by atoms with Crippen LogP contribution < -0.4 is 10.6 Å². The molecule has 1 saturated heterocycles. The van der Waals surface area contributed by atoms with E-state index in [0.717, 1.165) is 23.5 Å². The summed E-state index contributed by atoms with van der Waals surface area (Å²) in [7, 11) is 0. The minimum atomic E-state index is -0.458. The van der Waals surface area contributed by atoms with E-state index in [9.17, 15) is 9.59 Å². The molecular formula is C22H24ClN3O2S2. The maximum Gasteiger partial charge on any atom is 0.238 e. The van der Waals surface area contributed by atoms with Crippen LogP contribution in [-0.2, 0) is 16.0 Å². The van der Waals surface area contributed by atoms with Crippen molar-refractivity contribution in [2.24, 2.45) is 0 Å². The van der Waals surface area contributed by atoms with Gasteiger partial charge in [0.1, 0.15) is 0 Å². The maximum absolute atomic E-state index is 12.5. The molecule has 2 amide bonds. The lowest BCUT2D eigenvalue weighted by Gasteiger charge is -2.26. The summed E-state index contributed by atoms with van der Waals surface area (Å²) in [6.45, 7) is 3.42. The first-order chi connectivity index (χ1) is 14.6. The molecule has 2 N–H and O–H groups in total. The first-order valence-corrected chi connectivity index (χ1v) is 12.4. The Bertz CT molecular complexity index is 917. The third kappa shape index (κ3) is 5.72. The fourth-order valence-corrected chi connectivity index (χ4v) is 5.75. The largest absolute Gasteiger partial charge is 0.326 e. The van der Waals surface area contributed by atoms with Gasteiger partial charge in [0.25, 0.3) is 0 Å². The predicted molar refractivity (Wildman–Crippen MR) is 127 cm³/mol. The van der Waals surface area contributed by atoms with Crippen LogP contribution in [0, 0.1) is 0 Å². The molecule has 8 heteroatoms. The Morgan fingerprint density at radius 1 is 1.17 bits per heavy atom. The third-order valence-corrected chi connectivity index (χ3v) is 7.64. The smallest absolute Gasteiger partial charge is 0.238 e. The van der Waals surface area contributed by atoms with Gasteiger partial charge < -0.3 is 15.5 Å². The van der Waals surface area contributed by atoms with Crippen LogP contribution in [0.5, 0.6) is 0 Å². The van der Waals surface area contributed by atoms with Gasteiger partial charge in [-0.15, -0.1) is 11.8 Å². The summed E-state index contributed by atoms with van der Waals surface area (Å²) in [6, 6.07) is 13.4. The van der Waals surface area contributed by atoms with Gasteiger partial charge in [0.15, 0.2) is 0 Å². The van der Waals surface area contributed by atoms with Crippen LogP contribution in [0.3, 0.4) is 0 Å². The van der Waals surface area contributed by atoms with Gasteiger partial charge in [-0.3, -0.25) is 9.59 Å². The molecule has 1 unspecified atom stereocenters. The molecule has 2 aromatic rings. The molecule has 0 aliphatic carbocycles. The number of anilines is 2. The highest BCUT2D eigenvalue weighted by Crippen LogP contribution is 2.38. The fraction of sp³-hybridized carbons (Fsp3) is 0.364. The van der Waals surface area contributed by atoms with E-state index in [1.165, 1.54) is 41.9 Å². The number of amides is 2. The van der Waals surface area contributed by atoms with Crippen molar-refractivity contribution < 1.29 is 9.59 Å². The van der Waals surface area contributed by atoms with Crippen LogP contribution in [0.15, 0.2) is 47.4 Å². The average molecular weight is 462 g/mol. The lowest BCUT2D eigenvalue weighted by Crippen LogP contribution is -2.34. The topological polar surface area (TPSA) is 61.4 Å². The molecule has 1 fully saturated rings. The standard InChI is InChI=1S/C22H24ClN3O2S2/c23-16-3-6-19-18(13-16)25-22(28)20(30-19)14-21(27)24-17-4-1-15(2-5-17)7-8-26-9-11-29-12-10-26/h1-6,13,20H,7-12,14H2,(H,24,27)(H,25,28). The van der Waals surface area contributed by atoms with Gasteiger partial charge in [-0.25, -0.2) is 0 Å². The lowest BCUT2D eigenvalue weighted by molar-refractivity contribution is -0.120. The molecule has 30 heavy (non-hydrogen) atoms. The first kappa shape index (κ1) is 21.6. The Labute approximate surface area is 190 Å². The van der Waals surface area contributed by atoms with Crippen LogP contribution in [0.2, 0.25) is 5.02 Å². The van der Waals surface area contributed by atoms with Gasteiger partial charge in [0.2, 0.25) is 11.8 Å². The lowest BCUT2D eigenvalue weighted by atomic mass is 10.1. The molecule has 2 aromatic carbocycles. The minimum absolute atomic E-state index is 0.118. The van der Waals surface area contributed by atoms with Crippen molar-refractivity contribution in [1.82, 2.24) is 4.90 Å². The molecule has 2 aliphatic heterocycles. The second kappa shape index (κ2) is 10.1. The van der Waals surface area contributed by atoms with Gasteiger partial charge in [-0.2, -0.15) is 11.8 Å². The summed E-state index contributed by atoms with van der Waals surface area (Å²) >= 11 is 9.40. The highest BCUT2D eigenvalue weighted by molar-refractivity contribution is 8.01. The highest BCUT2D eigenvalue weighted by atomic mass is 35.5. The summed E-state index contributed by atoms with van der Waals surface area (Å²) < 4.78 is 0. The molecule has 5 nitrogen and oxygen atoms in total. The van der Waals surface area contributed by atoms with E-state index in [2.05, 4.69) is 27.7 Å². The number of fused-ring (bicyclic) bond motifs is 1. The number of hydrogen-bond acceptors (Lipinski definition) is 5. The molecule has 0 saturated carbocycles. The predicted octanol–water partition coefficient (Wildman–Crippen LogP) is 4.37. The summed E-state index contributed by atoms with van der Waals surface area (Å²) in [5.74, 6) is 2.11. The van der Waals surface area contributed by atoms with Gasteiger partial charge in [-0.05, 0) is 42.3 Å². The maximum atomic E-state index is 12.5.